The van der Waals surface area contributed by atoms with E-state index in [-0.39, 0.29) is 29.0 Å². The molecule has 0 spiro atoms. The Labute approximate surface area is 162 Å². The van der Waals surface area contributed by atoms with Gasteiger partial charge in [-0.15, -0.1) is 0 Å². The maximum Gasteiger partial charge on any atom is 0.336 e. The van der Waals surface area contributed by atoms with Crippen LogP contribution < -0.4 is 5.32 Å². The summed E-state index contributed by atoms with van der Waals surface area (Å²) in [5.41, 5.74) is 2.93. The molecule has 1 aliphatic heterocycles. The molecule has 1 N–H and O–H groups in total. The first-order valence-corrected chi connectivity index (χ1v) is 9.68. The van der Waals surface area contributed by atoms with Gasteiger partial charge in [-0.1, -0.05) is 48.0 Å². The topological polar surface area (TPSA) is 55.4 Å². The maximum absolute atomic E-state index is 13.1. The molecule has 5 heteroatoms. The minimum absolute atomic E-state index is 0.152. The molecule has 0 bridgehead atoms. The van der Waals surface area contributed by atoms with Crippen LogP contribution in [-0.4, -0.2) is 18.4 Å². The SMILES string of the molecule is CCOC(=O)C1=C(C)NC2=CC(C)(C)CC(=O)C2C1c1cccc(Br)c1. The fourth-order valence-electron chi connectivity index (χ4n) is 4.01. The molecular formula is C21H24BrNO3. The number of ketones is 1. The second-order valence-electron chi connectivity index (χ2n) is 7.63. The molecule has 1 heterocycles. The summed E-state index contributed by atoms with van der Waals surface area (Å²) in [5.74, 6) is -0.943. The van der Waals surface area contributed by atoms with Gasteiger partial charge in [-0.3, -0.25) is 4.79 Å². The number of fused-ring (bicyclic) bond motifs is 1. The Morgan fingerprint density at radius 3 is 2.73 bits per heavy atom. The molecule has 1 aromatic carbocycles. The first-order valence-electron chi connectivity index (χ1n) is 8.89. The third kappa shape index (κ3) is 3.50. The van der Waals surface area contributed by atoms with Crippen molar-refractivity contribution in [3.8, 4) is 0 Å². The van der Waals surface area contributed by atoms with Crippen molar-refractivity contribution in [3.63, 3.8) is 0 Å². The van der Waals surface area contributed by atoms with Gasteiger partial charge in [0.25, 0.3) is 0 Å². The third-order valence-electron chi connectivity index (χ3n) is 4.94. The highest BCUT2D eigenvalue weighted by atomic mass is 79.9. The number of hydrogen-bond acceptors (Lipinski definition) is 4. The second-order valence-corrected chi connectivity index (χ2v) is 8.54. The van der Waals surface area contributed by atoms with E-state index in [2.05, 4.69) is 41.2 Å². The van der Waals surface area contributed by atoms with Crippen LogP contribution in [-0.2, 0) is 14.3 Å². The lowest BCUT2D eigenvalue weighted by Crippen LogP contribution is -2.43. The first-order chi connectivity index (χ1) is 12.2. The number of nitrogens with one attached hydrogen (secondary N) is 1. The van der Waals surface area contributed by atoms with Crippen LogP contribution >= 0.6 is 15.9 Å². The van der Waals surface area contributed by atoms with Crippen LogP contribution in [0.4, 0.5) is 0 Å². The first kappa shape index (κ1) is 18.9. The van der Waals surface area contributed by atoms with Crippen molar-refractivity contribution in [1.82, 2.24) is 5.32 Å². The molecule has 0 radical (unpaired) electrons. The van der Waals surface area contributed by atoms with Crippen LogP contribution in [0.15, 0.2) is 51.8 Å². The van der Waals surface area contributed by atoms with Gasteiger partial charge in [0.15, 0.2) is 0 Å². The lowest BCUT2D eigenvalue weighted by molar-refractivity contribution is -0.139. The zero-order chi connectivity index (χ0) is 19.1. The number of hydrogen-bond donors (Lipinski definition) is 1. The molecular weight excluding hydrogens is 394 g/mol. The van der Waals surface area contributed by atoms with Crippen molar-refractivity contribution >= 4 is 27.7 Å². The molecule has 1 aliphatic carbocycles. The van der Waals surface area contributed by atoms with Gasteiger partial charge in [0.05, 0.1) is 18.1 Å². The number of rotatable bonds is 3. The van der Waals surface area contributed by atoms with Crippen molar-refractivity contribution in [2.24, 2.45) is 11.3 Å². The highest BCUT2D eigenvalue weighted by Crippen LogP contribution is 2.47. The van der Waals surface area contributed by atoms with Crippen molar-refractivity contribution < 1.29 is 14.3 Å². The minimum atomic E-state index is -0.388. The summed E-state index contributed by atoms with van der Waals surface area (Å²) < 4.78 is 6.23. The van der Waals surface area contributed by atoms with Crippen LogP contribution in [0.5, 0.6) is 0 Å². The van der Waals surface area contributed by atoms with E-state index < -0.39 is 0 Å². The predicted molar refractivity (Wildman–Crippen MR) is 104 cm³/mol. The summed E-state index contributed by atoms with van der Waals surface area (Å²) in [6.07, 6.45) is 2.60. The summed E-state index contributed by atoms with van der Waals surface area (Å²) in [4.78, 5) is 25.8. The second kappa shape index (κ2) is 7.03. The Morgan fingerprint density at radius 2 is 2.08 bits per heavy atom. The number of ether oxygens (including phenoxy) is 1. The zero-order valence-electron chi connectivity index (χ0n) is 15.6. The molecule has 0 amide bonds. The van der Waals surface area contributed by atoms with Crippen LogP contribution in [0.25, 0.3) is 0 Å². The number of carbonyl (C=O) groups excluding carboxylic acids is 2. The molecule has 3 rings (SSSR count). The van der Waals surface area contributed by atoms with Crippen molar-refractivity contribution in [3.05, 3.63) is 57.3 Å². The smallest absolute Gasteiger partial charge is 0.336 e. The van der Waals surface area contributed by atoms with E-state index in [4.69, 9.17) is 4.74 Å². The van der Waals surface area contributed by atoms with E-state index in [1.54, 1.807) is 6.92 Å². The molecule has 2 atom stereocenters. The van der Waals surface area contributed by atoms with E-state index in [1.807, 2.05) is 31.2 Å². The third-order valence-corrected chi connectivity index (χ3v) is 5.43. The number of esters is 1. The molecule has 2 aliphatic rings. The lowest BCUT2D eigenvalue weighted by atomic mass is 9.66. The van der Waals surface area contributed by atoms with Crippen LogP contribution in [0.1, 0.15) is 45.6 Å². The number of Topliss-reactive ketones (excluding diaryl/α,β-unsaturated/α-hetero) is 1. The molecule has 0 saturated heterocycles. The van der Waals surface area contributed by atoms with Crippen molar-refractivity contribution in [2.75, 3.05) is 6.61 Å². The van der Waals surface area contributed by atoms with E-state index in [1.165, 1.54) is 0 Å². The van der Waals surface area contributed by atoms with Gasteiger partial charge in [-0.05, 0) is 37.0 Å². The monoisotopic (exact) mass is 417 g/mol. The quantitative estimate of drug-likeness (QED) is 0.736. The minimum Gasteiger partial charge on any atom is -0.463 e. The molecule has 26 heavy (non-hydrogen) atoms. The number of benzene rings is 1. The molecule has 0 saturated carbocycles. The number of allylic oxidation sites excluding steroid dienone is 3. The summed E-state index contributed by atoms with van der Waals surface area (Å²) in [6.45, 7) is 8.08. The highest BCUT2D eigenvalue weighted by Gasteiger charge is 2.46. The van der Waals surface area contributed by atoms with E-state index >= 15 is 0 Å². The summed E-state index contributed by atoms with van der Waals surface area (Å²) >= 11 is 3.51. The Kier molecular flexibility index (Phi) is 5.11. The van der Waals surface area contributed by atoms with Gasteiger partial charge in [0.2, 0.25) is 0 Å². The predicted octanol–water partition coefficient (Wildman–Crippen LogP) is 4.47. The Bertz CT molecular complexity index is 822. The molecule has 4 nitrogen and oxygen atoms in total. The number of carbonyl (C=O) groups is 2. The van der Waals surface area contributed by atoms with E-state index in [9.17, 15) is 9.59 Å². The average molecular weight is 418 g/mol. The van der Waals surface area contributed by atoms with Gasteiger partial charge >= 0.3 is 5.97 Å². The normalized spacial score (nSPS) is 24.5. The number of halogens is 1. The Hall–Kier alpha value is -1.88. The maximum atomic E-state index is 13.1. The molecule has 0 aromatic heterocycles. The van der Waals surface area contributed by atoms with Crippen LogP contribution in [0.3, 0.4) is 0 Å². The van der Waals surface area contributed by atoms with Gasteiger partial charge in [-0.25, -0.2) is 4.79 Å². The Morgan fingerprint density at radius 1 is 1.35 bits per heavy atom. The van der Waals surface area contributed by atoms with Crippen molar-refractivity contribution in [2.45, 2.75) is 40.0 Å². The fourth-order valence-corrected chi connectivity index (χ4v) is 4.42. The van der Waals surface area contributed by atoms with Crippen LogP contribution in [0.2, 0.25) is 0 Å². The average Bonchev–Trinajstić information content (AvgIpc) is 2.52. The molecule has 138 valence electrons. The standard InChI is InChI=1S/C21H24BrNO3/c1-5-26-20(25)17-12(2)23-15-10-21(3,4)11-16(24)19(15)18(17)13-7-6-8-14(22)9-13/h6-10,18-19,23H,5,11H2,1-4H3. The van der Waals surface area contributed by atoms with Gasteiger partial charge in [0.1, 0.15) is 5.78 Å². The Balaban J connectivity index is 2.20. The highest BCUT2D eigenvalue weighted by molar-refractivity contribution is 9.10. The fraction of sp³-hybridized carbons (Fsp3) is 0.429. The van der Waals surface area contributed by atoms with Gasteiger partial charge < -0.3 is 10.1 Å². The molecule has 1 aromatic rings. The zero-order valence-corrected chi connectivity index (χ0v) is 17.1. The van der Waals surface area contributed by atoms with Gasteiger partial charge in [-0.2, -0.15) is 0 Å². The molecule has 2 unspecified atom stereocenters. The van der Waals surface area contributed by atoms with Crippen molar-refractivity contribution in [1.29, 1.82) is 0 Å². The lowest BCUT2D eigenvalue weighted by Gasteiger charge is -2.41. The van der Waals surface area contributed by atoms with Crippen LogP contribution in [0, 0.1) is 11.3 Å². The largest absolute Gasteiger partial charge is 0.463 e. The summed E-state index contributed by atoms with van der Waals surface area (Å²) in [6, 6.07) is 7.82. The van der Waals surface area contributed by atoms with E-state index in [0.29, 0.717) is 18.6 Å². The van der Waals surface area contributed by atoms with E-state index in [0.717, 1.165) is 21.4 Å². The summed E-state index contributed by atoms with van der Waals surface area (Å²) in [5, 5.41) is 3.32. The summed E-state index contributed by atoms with van der Waals surface area (Å²) in [7, 11) is 0. The molecule has 0 fully saturated rings. The van der Waals surface area contributed by atoms with Gasteiger partial charge in [0, 0.05) is 28.2 Å².